The molecule has 0 radical (unpaired) electrons. The van der Waals surface area contributed by atoms with Crippen molar-refractivity contribution in [2.75, 3.05) is 12.7 Å². The minimum Gasteiger partial charge on any atom is -0.237 e. The standard InChI is InChI=1S/C18H26NSi/c1-14-9-10-17-18(14)16-8-6-5-7-15(16)11-12-19(17)13-20(2,3)4/h5-8H,9-13H2,1-4H3/q+1. The zero-order chi connectivity index (χ0) is 14.3. The molecular formula is C18H26NSi+. The molecule has 0 unspecified atom stereocenters. The van der Waals surface area contributed by atoms with E-state index in [1.165, 1.54) is 37.5 Å². The van der Waals surface area contributed by atoms with Crippen LogP contribution in [0.15, 0.2) is 29.8 Å². The second kappa shape index (κ2) is 4.99. The van der Waals surface area contributed by atoms with Crippen molar-refractivity contribution in [3.05, 3.63) is 41.0 Å². The second-order valence-electron chi connectivity index (χ2n) is 7.49. The normalized spacial score (nSPS) is 19.0. The summed E-state index contributed by atoms with van der Waals surface area (Å²) in [4.78, 5) is 0. The third-order valence-corrected chi connectivity index (χ3v) is 5.77. The molecule has 2 aliphatic rings. The van der Waals surface area contributed by atoms with E-state index < -0.39 is 8.07 Å². The van der Waals surface area contributed by atoms with Crippen LogP contribution in [0.1, 0.15) is 30.9 Å². The molecule has 1 aliphatic carbocycles. The van der Waals surface area contributed by atoms with Gasteiger partial charge < -0.3 is 0 Å². The summed E-state index contributed by atoms with van der Waals surface area (Å²) in [5.74, 6) is 0. The van der Waals surface area contributed by atoms with Crippen molar-refractivity contribution >= 4 is 19.4 Å². The highest BCUT2D eigenvalue weighted by atomic mass is 28.3. The van der Waals surface area contributed by atoms with Crippen LogP contribution in [-0.4, -0.2) is 31.1 Å². The van der Waals surface area contributed by atoms with Crippen LogP contribution in [0.2, 0.25) is 19.6 Å². The van der Waals surface area contributed by atoms with E-state index in [2.05, 4.69) is 55.4 Å². The molecule has 0 spiro atoms. The Morgan fingerprint density at radius 1 is 1.05 bits per heavy atom. The van der Waals surface area contributed by atoms with Crippen molar-refractivity contribution in [2.24, 2.45) is 0 Å². The maximum Gasteiger partial charge on any atom is 0.183 e. The highest BCUT2D eigenvalue weighted by Crippen LogP contribution is 2.35. The van der Waals surface area contributed by atoms with Gasteiger partial charge in [-0.25, -0.2) is 4.58 Å². The van der Waals surface area contributed by atoms with Crippen LogP contribution in [0.4, 0.5) is 0 Å². The van der Waals surface area contributed by atoms with Crippen LogP contribution in [0.25, 0.3) is 5.57 Å². The molecule has 1 aromatic rings. The Kier molecular flexibility index (Phi) is 3.45. The molecule has 2 heteroatoms. The minimum atomic E-state index is -1.07. The lowest BCUT2D eigenvalue weighted by atomic mass is 9.96. The third-order valence-electron chi connectivity index (χ3n) is 4.44. The van der Waals surface area contributed by atoms with Crippen molar-refractivity contribution in [1.29, 1.82) is 0 Å². The van der Waals surface area contributed by atoms with Gasteiger partial charge in [-0.05, 0) is 24.5 Å². The van der Waals surface area contributed by atoms with E-state index in [4.69, 9.17) is 0 Å². The SMILES string of the molecule is CC1=C2C(=[N+](C[Si](C)(C)C)CCc3ccccc32)CC1. The van der Waals surface area contributed by atoms with Crippen LogP contribution < -0.4 is 0 Å². The number of rotatable bonds is 2. The fraction of sp³-hybridized carbons (Fsp3) is 0.500. The molecule has 0 saturated heterocycles. The summed E-state index contributed by atoms with van der Waals surface area (Å²) in [6.45, 7) is 11.0. The first kappa shape index (κ1) is 13.8. The van der Waals surface area contributed by atoms with Gasteiger partial charge in [-0.15, -0.1) is 0 Å². The topological polar surface area (TPSA) is 3.01 Å². The van der Waals surface area contributed by atoms with E-state index in [0.717, 1.165) is 0 Å². The molecule has 1 nitrogen and oxygen atoms in total. The van der Waals surface area contributed by atoms with Crippen LogP contribution in [-0.2, 0) is 6.42 Å². The quantitative estimate of drug-likeness (QED) is 0.567. The van der Waals surface area contributed by atoms with Crippen LogP contribution in [0.3, 0.4) is 0 Å². The Hall–Kier alpha value is -1.15. The Morgan fingerprint density at radius 2 is 1.80 bits per heavy atom. The van der Waals surface area contributed by atoms with Crippen LogP contribution in [0, 0.1) is 0 Å². The monoisotopic (exact) mass is 284 g/mol. The molecule has 106 valence electrons. The molecule has 3 rings (SSSR count). The molecule has 1 heterocycles. The van der Waals surface area contributed by atoms with Gasteiger partial charge in [0.1, 0.15) is 20.8 Å². The fourth-order valence-corrected chi connectivity index (χ4v) is 5.12. The lowest BCUT2D eigenvalue weighted by Gasteiger charge is -2.15. The number of fused-ring (bicyclic) bond motifs is 3. The Morgan fingerprint density at radius 3 is 2.55 bits per heavy atom. The summed E-state index contributed by atoms with van der Waals surface area (Å²) in [5, 5.41) is 0. The largest absolute Gasteiger partial charge is 0.237 e. The van der Waals surface area contributed by atoms with Crippen molar-refractivity contribution in [3.8, 4) is 0 Å². The molecule has 0 fully saturated rings. The zero-order valence-corrected chi connectivity index (χ0v) is 14.3. The molecule has 20 heavy (non-hydrogen) atoms. The fourth-order valence-electron chi connectivity index (χ4n) is 3.62. The lowest BCUT2D eigenvalue weighted by molar-refractivity contribution is -0.510. The first-order valence-corrected chi connectivity index (χ1v) is 11.6. The third kappa shape index (κ3) is 2.54. The van der Waals surface area contributed by atoms with Crippen molar-refractivity contribution in [3.63, 3.8) is 0 Å². The van der Waals surface area contributed by atoms with E-state index in [9.17, 15) is 0 Å². The van der Waals surface area contributed by atoms with Crippen molar-refractivity contribution in [2.45, 2.75) is 45.8 Å². The highest BCUT2D eigenvalue weighted by Gasteiger charge is 2.34. The molecule has 0 saturated carbocycles. The van der Waals surface area contributed by atoms with Gasteiger partial charge in [-0.3, -0.25) is 0 Å². The summed E-state index contributed by atoms with van der Waals surface area (Å²) in [7, 11) is -1.07. The Balaban J connectivity index is 2.12. The highest BCUT2D eigenvalue weighted by molar-refractivity contribution is 6.76. The van der Waals surface area contributed by atoms with Crippen molar-refractivity contribution in [1.82, 2.24) is 0 Å². The molecule has 0 bridgehead atoms. The van der Waals surface area contributed by atoms with Gasteiger partial charge in [-0.1, -0.05) is 49.5 Å². The summed E-state index contributed by atoms with van der Waals surface area (Å²) in [6, 6.07) is 9.04. The van der Waals surface area contributed by atoms with Gasteiger partial charge in [0.15, 0.2) is 5.71 Å². The second-order valence-corrected chi connectivity index (χ2v) is 12.9. The lowest BCUT2D eigenvalue weighted by Crippen LogP contribution is -2.38. The predicted octanol–water partition coefficient (Wildman–Crippen LogP) is 4.14. The first-order chi connectivity index (χ1) is 9.46. The smallest absolute Gasteiger partial charge is 0.183 e. The van der Waals surface area contributed by atoms with Gasteiger partial charge in [0, 0.05) is 18.4 Å². The molecule has 0 amide bonds. The average Bonchev–Trinajstić information content (AvgIpc) is 2.68. The summed E-state index contributed by atoms with van der Waals surface area (Å²) in [5.41, 5.74) is 7.86. The molecule has 0 atom stereocenters. The maximum atomic E-state index is 2.72. The molecule has 1 aliphatic heterocycles. The molecule has 1 aromatic carbocycles. The van der Waals surface area contributed by atoms with Gasteiger partial charge in [0.2, 0.25) is 0 Å². The summed E-state index contributed by atoms with van der Waals surface area (Å²) < 4.78 is 2.72. The molecule has 0 N–H and O–H groups in total. The number of allylic oxidation sites excluding steroid dienone is 2. The van der Waals surface area contributed by atoms with E-state index in [1.54, 1.807) is 22.4 Å². The molecular weight excluding hydrogens is 258 g/mol. The summed E-state index contributed by atoms with van der Waals surface area (Å²) >= 11 is 0. The number of nitrogens with zero attached hydrogens (tertiary/aromatic N) is 1. The first-order valence-electron chi connectivity index (χ1n) is 7.85. The Labute approximate surface area is 124 Å². The van der Waals surface area contributed by atoms with Gasteiger partial charge in [-0.2, -0.15) is 0 Å². The van der Waals surface area contributed by atoms with E-state index in [1.807, 2.05) is 0 Å². The number of hydrogen-bond acceptors (Lipinski definition) is 0. The van der Waals surface area contributed by atoms with Crippen molar-refractivity contribution < 1.29 is 4.58 Å². The van der Waals surface area contributed by atoms with Gasteiger partial charge in [0.05, 0.1) is 0 Å². The Bertz CT molecular complexity index is 602. The van der Waals surface area contributed by atoms with E-state index in [-0.39, 0.29) is 0 Å². The summed E-state index contributed by atoms with van der Waals surface area (Å²) in [6.07, 6.45) is 5.00. The van der Waals surface area contributed by atoms with E-state index >= 15 is 0 Å². The maximum absolute atomic E-state index is 2.72. The number of benzene rings is 1. The molecule has 0 aromatic heterocycles. The number of hydrogen-bond donors (Lipinski definition) is 0. The van der Waals surface area contributed by atoms with Gasteiger partial charge >= 0.3 is 0 Å². The average molecular weight is 284 g/mol. The van der Waals surface area contributed by atoms with Crippen LogP contribution >= 0.6 is 0 Å². The minimum absolute atomic E-state index is 1.07. The van der Waals surface area contributed by atoms with E-state index in [0.29, 0.717) is 0 Å². The zero-order valence-electron chi connectivity index (χ0n) is 13.3. The van der Waals surface area contributed by atoms with Gasteiger partial charge in [0.25, 0.3) is 0 Å². The van der Waals surface area contributed by atoms with Crippen LogP contribution in [0.5, 0.6) is 0 Å². The predicted molar refractivity (Wildman–Crippen MR) is 90.3 cm³/mol.